The van der Waals surface area contributed by atoms with Gasteiger partial charge in [-0.1, -0.05) is 0 Å². The molecule has 0 saturated carbocycles. The van der Waals surface area contributed by atoms with E-state index in [4.69, 9.17) is 14.5 Å². The van der Waals surface area contributed by atoms with E-state index in [2.05, 4.69) is 14.9 Å². The Morgan fingerprint density at radius 1 is 1.27 bits per heavy atom. The number of hydrogen-bond donors (Lipinski definition) is 0. The second-order valence-corrected chi connectivity index (χ2v) is 9.28. The van der Waals surface area contributed by atoms with Crippen molar-refractivity contribution in [1.29, 1.82) is 0 Å². The lowest BCUT2D eigenvalue weighted by Crippen LogP contribution is -2.36. The first-order valence-electron chi connectivity index (χ1n) is 10.2. The van der Waals surface area contributed by atoms with Crippen molar-refractivity contribution in [1.82, 2.24) is 19.9 Å². The second kappa shape index (κ2) is 9.92. The van der Waals surface area contributed by atoms with Gasteiger partial charge in [-0.2, -0.15) is 13.2 Å². The molecule has 0 aliphatic carbocycles. The molecule has 1 saturated heterocycles. The van der Waals surface area contributed by atoms with Gasteiger partial charge in [-0.15, -0.1) is 11.3 Å². The van der Waals surface area contributed by atoms with Crippen LogP contribution in [0.4, 0.5) is 13.2 Å². The van der Waals surface area contributed by atoms with Gasteiger partial charge in [0.15, 0.2) is 0 Å². The minimum absolute atomic E-state index is 0.248. The van der Waals surface area contributed by atoms with Gasteiger partial charge in [-0.05, 0) is 43.3 Å². The number of halogens is 3. The van der Waals surface area contributed by atoms with Crippen molar-refractivity contribution in [2.45, 2.75) is 36.6 Å². The molecule has 0 radical (unpaired) electrons. The molecule has 0 bridgehead atoms. The minimum atomic E-state index is -4.46. The van der Waals surface area contributed by atoms with Crippen molar-refractivity contribution >= 4 is 39.3 Å². The van der Waals surface area contributed by atoms with Gasteiger partial charge >= 0.3 is 12.1 Å². The molecule has 3 aromatic rings. The summed E-state index contributed by atoms with van der Waals surface area (Å²) < 4.78 is 49.3. The molecule has 176 valence electrons. The van der Waals surface area contributed by atoms with E-state index in [1.54, 1.807) is 13.8 Å². The summed E-state index contributed by atoms with van der Waals surface area (Å²) in [7, 11) is 0. The van der Waals surface area contributed by atoms with E-state index in [0.29, 0.717) is 56.3 Å². The van der Waals surface area contributed by atoms with Crippen LogP contribution in [0.15, 0.2) is 28.4 Å². The normalized spacial score (nSPS) is 15.2. The molecule has 4 heterocycles. The average molecular weight is 499 g/mol. The Kier molecular flexibility index (Phi) is 7.17. The zero-order valence-corrected chi connectivity index (χ0v) is 19.6. The van der Waals surface area contributed by atoms with Crippen LogP contribution in [0.5, 0.6) is 0 Å². The molecule has 0 spiro atoms. The van der Waals surface area contributed by atoms with Gasteiger partial charge in [0.2, 0.25) is 0 Å². The van der Waals surface area contributed by atoms with Crippen LogP contribution in [0.25, 0.3) is 10.2 Å². The summed E-state index contributed by atoms with van der Waals surface area (Å²) in [5, 5.41) is 1.59. The quantitative estimate of drug-likeness (QED) is 0.361. The van der Waals surface area contributed by atoms with Crippen LogP contribution in [-0.4, -0.2) is 58.7 Å². The molecule has 33 heavy (non-hydrogen) atoms. The highest BCUT2D eigenvalue weighted by molar-refractivity contribution is 7.99. The zero-order valence-electron chi connectivity index (χ0n) is 17.9. The number of pyridine rings is 1. The Balaban J connectivity index is 1.73. The van der Waals surface area contributed by atoms with E-state index < -0.39 is 17.7 Å². The fourth-order valence-corrected chi connectivity index (χ4v) is 5.45. The molecular weight excluding hydrogens is 477 g/mol. The van der Waals surface area contributed by atoms with Gasteiger partial charge in [0, 0.05) is 24.7 Å². The molecular formula is C21H21F3N4O3S2. The SMILES string of the molecule is CCOC(=O)c1sc2nc(CN3CCOCC3)nc(Sc3ccc(C(F)(F)F)cn3)c2c1C. The van der Waals surface area contributed by atoms with Crippen LogP contribution < -0.4 is 0 Å². The van der Waals surface area contributed by atoms with Gasteiger partial charge in [0.05, 0.1) is 31.9 Å². The molecule has 7 nitrogen and oxygen atoms in total. The van der Waals surface area contributed by atoms with Crippen LogP contribution >= 0.6 is 23.1 Å². The first-order valence-corrected chi connectivity index (χ1v) is 11.9. The average Bonchev–Trinajstić information content (AvgIpc) is 3.11. The third-order valence-electron chi connectivity index (χ3n) is 5.00. The molecule has 12 heteroatoms. The Labute approximate surface area is 196 Å². The number of rotatable bonds is 6. The number of carbonyl (C=O) groups is 1. The van der Waals surface area contributed by atoms with Crippen LogP contribution in [-0.2, 0) is 22.2 Å². The molecule has 1 fully saturated rings. The molecule has 0 amide bonds. The summed E-state index contributed by atoms with van der Waals surface area (Å²) in [4.78, 5) is 29.0. The lowest BCUT2D eigenvalue weighted by Gasteiger charge is -2.25. The Morgan fingerprint density at radius 3 is 2.67 bits per heavy atom. The van der Waals surface area contributed by atoms with Gasteiger partial charge < -0.3 is 9.47 Å². The Bertz CT molecular complexity index is 1150. The predicted octanol–water partition coefficient (Wildman–Crippen LogP) is 4.57. The van der Waals surface area contributed by atoms with Crippen molar-refractivity contribution in [2.75, 3.05) is 32.9 Å². The first-order chi connectivity index (χ1) is 15.8. The maximum atomic E-state index is 12.9. The molecule has 3 aromatic heterocycles. The number of fused-ring (bicyclic) bond motifs is 1. The number of thiophene rings is 1. The van der Waals surface area contributed by atoms with E-state index >= 15 is 0 Å². The maximum Gasteiger partial charge on any atom is 0.417 e. The number of nitrogens with zero attached hydrogens (tertiary/aromatic N) is 4. The lowest BCUT2D eigenvalue weighted by molar-refractivity contribution is -0.137. The molecule has 0 atom stereocenters. The van der Waals surface area contributed by atoms with E-state index in [-0.39, 0.29) is 6.61 Å². The van der Waals surface area contributed by atoms with Crippen LogP contribution in [0.2, 0.25) is 0 Å². The number of ether oxygens (including phenoxy) is 2. The summed E-state index contributed by atoms with van der Waals surface area (Å²) in [5.74, 6) is 0.131. The highest BCUT2D eigenvalue weighted by Gasteiger charge is 2.31. The predicted molar refractivity (Wildman–Crippen MR) is 118 cm³/mol. The van der Waals surface area contributed by atoms with Gasteiger partial charge in [0.25, 0.3) is 0 Å². The zero-order chi connectivity index (χ0) is 23.6. The molecule has 0 aromatic carbocycles. The highest BCUT2D eigenvalue weighted by atomic mass is 32.2. The van der Waals surface area contributed by atoms with Crippen LogP contribution in [0.3, 0.4) is 0 Å². The van der Waals surface area contributed by atoms with Crippen molar-refractivity contribution in [3.8, 4) is 0 Å². The molecule has 0 unspecified atom stereocenters. The minimum Gasteiger partial charge on any atom is -0.462 e. The highest BCUT2D eigenvalue weighted by Crippen LogP contribution is 2.39. The number of aryl methyl sites for hydroxylation is 1. The number of hydrogen-bond acceptors (Lipinski definition) is 9. The summed E-state index contributed by atoms with van der Waals surface area (Å²) in [6.07, 6.45) is -3.65. The van der Waals surface area contributed by atoms with Crippen molar-refractivity contribution in [3.05, 3.63) is 40.2 Å². The summed E-state index contributed by atoms with van der Waals surface area (Å²) in [5.41, 5.74) is -0.134. The standard InChI is InChI=1S/C21H21F3N4O3S2/c1-3-31-20(29)17-12(2)16-18(32-15-5-4-13(10-25-15)21(22,23)24)26-14(27-19(16)33-17)11-28-6-8-30-9-7-28/h4-5,10H,3,6-9,11H2,1-2H3. The first kappa shape index (κ1) is 23.9. The number of morpholine rings is 1. The Hall–Kier alpha value is -2.28. The van der Waals surface area contributed by atoms with Crippen molar-refractivity contribution < 1.29 is 27.4 Å². The van der Waals surface area contributed by atoms with E-state index in [1.807, 2.05) is 0 Å². The Morgan fingerprint density at radius 2 is 2.03 bits per heavy atom. The number of esters is 1. The number of aromatic nitrogens is 3. The van der Waals surface area contributed by atoms with Crippen LogP contribution in [0.1, 0.15) is 33.5 Å². The molecule has 1 aliphatic heterocycles. The van der Waals surface area contributed by atoms with E-state index in [0.717, 1.165) is 37.1 Å². The van der Waals surface area contributed by atoms with Gasteiger partial charge in [-0.25, -0.2) is 19.7 Å². The summed E-state index contributed by atoms with van der Waals surface area (Å²) in [6, 6.07) is 2.31. The fourth-order valence-electron chi connectivity index (χ4n) is 3.35. The topological polar surface area (TPSA) is 77.4 Å². The smallest absolute Gasteiger partial charge is 0.417 e. The molecule has 4 rings (SSSR count). The van der Waals surface area contributed by atoms with Gasteiger partial charge in [-0.3, -0.25) is 4.90 Å². The van der Waals surface area contributed by atoms with Crippen molar-refractivity contribution in [3.63, 3.8) is 0 Å². The third-order valence-corrected chi connectivity index (χ3v) is 7.10. The lowest BCUT2D eigenvalue weighted by atomic mass is 10.2. The third kappa shape index (κ3) is 5.45. The number of carbonyl (C=O) groups excluding carboxylic acids is 1. The van der Waals surface area contributed by atoms with Crippen molar-refractivity contribution in [2.24, 2.45) is 0 Å². The largest absolute Gasteiger partial charge is 0.462 e. The number of alkyl halides is 3. The second-order valence-electron chi connectivity index (χ2n) is 7.28. The van der Waals surface area contributed by atoms with E-state index in [9.17, 15) is 18.0 Å². The summed E-state index contributed by atoms with van der Waals surface area (Å²) >= 11 is 2.37. The monoisotopic (exact) mass is 498 g/mol. The summed E-state index contributed by atoms with van der Waals surface area (Å²) in [6.45, 7) is 7.04. The molecule has 1 aliphatic rings. The maximum absolute atomic E-state index is 12.9. The van der Waals surface area contributed by atoms with Gasteiger partial charge in [0.1, 0.15) is 25.6 Å². The molecule has 0 N–H and O–H groups in total. The van der Waals surface area contributed by atoms with E-state index in [1.165, 1.54) is 17.4 Å². The van der Waals surface area contributed by atoms with Crippen LogP contribution in [0, 0.1) is 6.92 Å². The fraction of sp³-hybridized carbons (Fsp3) is 0.429.